The highest BCUT2D eigenvalue weighted by Crippen LogP contribution is 2.33. The lowest BCUT2D eigenvalue weighted by Crippen LogP contribution is -2.01. The lowest BCUT2D eigenvalue weighted by atomic mass is 10.2. The monoisotopic (exact) mass is 439 g/mol. The van der Waals surface area contributed by atoms with Crippen LogP contribution in [-0.2, 0) is 12.3 Å². The van der Waals surface area contributed by atoms with Gasteiger partial charge in [-0.25, -0.2) is 4.68 Å². The molecular weight excluding hydrogens is 418 g/mol. The molecule has 0 aliphatic carbocycles. The van der Waals surface area contributed by atoms with Crippen molar-refractivity contribution in [1.82, 2.24) is 24.5 Å². The Morgan fingerprint density at radius 3 is 2.50 bits per heavy atom. The van der Waals surface area contributed by atoms with E-state index in [-0.39, 0.29) is 0 Å². The van der Waals surface area contributed by atoms with Crippen LogP contribution in [0.4, 0.5) is 0 Å². The van der Waals surface area contributed by atoms with E-state index in [0.717, 1.165) is 45.8 Å². The van der Waals surface area contributed by atoms with Crippen molar-refractivity contribution in [3.05, 3.63) is 71.0 Å². The zero-order valence-electron chi connectivity index (χ0n) is 17.0. The third kappa shape index (κ3) is 3.82. The van der Waals surface area contributed by atoms with Gasteiger partial charge in [-0.05, 0) is 38.1 Å². The van der Waals surface area contributed by atoms with Crippen molar-refractivity contribution in [2.45, 2.75) is 31.3 Å². The summed E-state index contributed by atoms with van der Waals surface area (Å²) in [6.07, 6.45) is 0. The molecule has 0 radical (unpaired) electrons. The minimum atomic E-state index is 0.624. The van der Waals surface area contributed by atoms with Gasteiger partial charge in [0.25, 0.3) is 0 Å². The molecule has 30 heavy (non-hydrogen) atoms. The third-order valence-electron chi connectivity index (χ3n) is 4.85. The predicted octanol–water partition coefficient (Wildman–Crippen LogP) is 5.41. The largest absolute Gasteiger partial charge is 0.496 e. The summed E-state index contributed by atoms with van der Waals surface area (Å²) in [6.45, 7) is 4.81. The molecule has 0 N–H and O–H groups in total. The maximum absolute atomic E-state index is 6.67. The summed E-state index contributed by atoms with van der Waals surface area (Å²) >= 11 is 8.27. The van der Waals surface area contributed by atoms with E-state index in [1.165, 1.54) is 0 Å². The summed E-state index contributed by atoms with van der Waals surface area (Å²) < 4.78 is 9.36. The molecule has 0 saturated heterocycles. The van der Waals surface area contributed by atoms with Crippen LogP contribution in [-0.4, -0.2) is 31.7 Å². The Balaban J connectivity index is 1.61. The number of aryl methyl sites for hydroxylation is 1. The van der Waals surface area contributed by atoms with E-state index < -0.39 is 0 Å². The van der Waals surface area contributed by atoms with E-state index in [1.54, 1.807) is 23.6 Å². The second-order valence-corrected chi connectivity index (χ2v) is 7.94. The number of halogens is 1. The molecule has 8 heteroatoms. The number of hydrogen-bond acceptors (Lipinski definition) is 5. The summed E-state index contributed by atoms with van der Waals surface area (Å²) in [4.78, 5) is 0. The first kappa shape index (κ1) is 20.5. The van der Waals surface area contributed by atoms with E-state index in [1.807, 2.05) is 61.5 Å². The van der Waals surface area contributed by atoms with Crippen LogP contribution in [0.2, 0.25) is 5.15 Å². The fourth-order valence-corrected chi connectivity index (χ4v) is 4.79. The fraction of sp³-hybridized carbons (Fsp3) is 0.227. The van der Waals surface area contributed by atoms with E-state index in [4.69, 9.17) is 16.3 Å². The molecule has 4 aromatic rings. The lowest BCUT2D eigenvalue weighted by Gasteiger charge is -2.10. The second kappa shape index (κ2) is 8.93. The highest BCUT2D eigenvalue weighted by Gasteiger charge is 2.19. The molecule has 4 rings (SSSR count). The normalized spacial score (nSPS) is 11.1. The van der Waals surface area contributed by atoms with Gasteiger partial charge in [0, 0.05) is 17.9 Å². The van der Waals surface area contributed by atoms with Crippen LogP contribution in [0, 0.1) is 6.92 Å². The predicted molar refractivity (Wildman–Crippen MR) is 121 cm³/mol. The number of methoxy groups -OCH3 is 1. The van der Waals surface area contributed by atoms with Crippen molar-refractivity contribution in [2.24, 2.45) is 0 Å². The number of thioether (sulfide) groups is 1. The minimum absolute atomic E-state index is 0.624. The zero-order valence-corrected chi connectivity index (χ0v) is 18.6. The Morgan fingerprint density at radius 2 is 1.77 bits per heavy atom. The Labute approximate surface area is 184 Å². The molecule has 2 aromatic carbocycles. The Bertz CT molecular complexity index is 1160. The first-order valence-corrected chi connectivity index (χ1v) is 11.0. The summed E-state index contributed by atoms with van der Waals surface area (Å²) in [7, 11) is 1.66. The number of hydrogen-bond donors (Lipinski definition) is 0. The van der Waals surface area contributed by atoms with Gasteiger partial charge in [0.1, 0.15) is 10.9 Å². The fourth-order valence-electron chi connectivity index (χ4n) is 3.28. The number of aromatic nitrogens is 5. The van der Waals surface area contributed by atoms with Gasteiger partial charge in [-0.15, -0.1) is 10.2 Å². The van der Waals surface area contributed by atoms with E-state index >= 15 is 0 Å². The molecular formula is C22H22ClN5OS. The summed E-state index contributed by atoms with van der Waals surface area (Å²) in [5, 5.41) is 14.9. The van der Waals surface area contributed by atoms with Crippen LogP contribution in [0.1, 0.15) is 18.2 Å². The molecule has 0 fully saturated rings. The average Bonchev–Trinajstić information content (AvgIpc) is 3.32. The van der Waals surface area contributed by atoms with Crippen LogP contribution >= 0.6 is 23.4 Å². The lowest BCUT2D eigenvalue weighted by molar-refractivity contribution is 0.416. The number of para-hydroxylation sites is 2. The van der Waals surface area contributed by atoms with Crippen molar-refractivity contribution >= 4 is 23.4 Å². The molecule has 0 unspecified atom stereocenters. The molecule has 0 spiro atoms. The maximum atomic E-state index is 6.67. The van der Waals surface area contributed by atoms with Gasteiger partial charge in [-0.3, -0.25) is 0 Å². The van der Waals surface area contributed by atoms with Crippen molar-refractivity contribution in [3.8, 4) is 22.8 Å². The summed E-state index contributed by atoms with van der Waals surface area (Å²) in [6, 6.07) is 17.7. The third-order valence-corrected chi connectivity index (χ3v) is 6.23. The molecule has 154 valence electrons. The van der Waals surface area contributed by atoms with Crippen molar-refractivity contribution in [3.63, 3.8) is 0 Å². The van der Waals surface area contributed by atoms with E-state index in [2.05, 4.69) is 26.8 Å². The van der Waals surface area contributed by atoms with Crippen molar-refractivity contribution in [2.75, 3.05) is 7.11 Å². The van der Waals surface area contributed by atoms with Gasteiger partial charge >= 0.3 is 0 Å². The minimum Gasteiger partial charge on any atom is -0.496 e. The SMILES string of the molecule is CCn1c(SCc2c(C)nn(-c3ccccc3)c2Cl)nnc1-c1ccccc1OC. The first-order valence-electron chi connectivity index (χ1n) is 9.62. The van der Waals surface area contributed by atoms with Gasteiger partial charge in [0.15, 0.2) is 11.0 Å². The molecule has 2 aromatic heterocycles. The molecule has 2 heterocycles. The molecule has 0 atom stereocenters. The van der Waals surface area contributed by atoms with Crippen molar-refractivity contribution < 1.29 is 4.74 Å². The van der Waals surface area contributed by atoms with Gasteiger partial charge in [0.2, 0.25) is 0 Å². The highest BCUT2D eigenvalue weighted by molar-refractivity contribution is 7.98. The van der Waals surface area contributed by atoms with Crippen LogP contribution in [0.25, 0.3) is 17.1 Å². The highest BCUT2D eigenvalue weighted by atomic mass is 35.5. The van der Waals surface area contributed by atoms with Crippen molar-refractivity contribution in [1.29, 1.82) is 0 Å². The smallest absolute Gasteiger partial charge is 0.191 e. The van der Waals surface area contributed by atoms with Gasteiger partial charge < -0.3 is 9.30 Å². The number of ether oxygens (including phenoxy) is 1. The van der Waals surface area contributed by atoms with E-state index in [9.17, 15) is 0 Å². The Hall–Kier alpha value is -2.77. The number of rotatable bonds is 7. The topological polar surface area (TPSA) is 57.8 Å². The molecule has 0 aliphatic rings. The number of nitrogens with zero attached hydrogens (tertiary/aromatic N) is 5. The Morgan fingerprint density at radius 1 is 1.03 bits per heavy atom. The van der Waals surface area contributed by atoms with Crippen LogP contribution in [0.15, 0.2) is 59.8 Å². The molecule has 0 aliphatic heterocycles. The second-order valence-electron chi connectivity index (χ2n) is 6.64. The summed E-state index contributed by atoms with van der Waals surface area (Å²) in [5.74, 6) is 2.22. The van der Waals surface area contributed by atoms with Crippen LogP contribution in [0.3, 0.4) is 0 Å². The molecule has 0 bridgehead atoms. The summed E-state index contributed by atoms with van der Waals surface area (Å²) in [5.41, 5.74) is 3.77. The van der Waals surface area contributed by atoms with Gasteiger partial charge in [-0.1, -0.05) is 53.7 Å². The molecule has 0 saturated carbocycles. The molecule has 6 nitrogen and oxygen atoms in total. The quantitative estimate of drug-likeness (QED) is 0.360. The molecule has 0 amide bonds. The first-order chi connectivity index (χ1) is 14.6. The average molecular weight is 440 g/mol. The van der Waals surface area contributed by atoms with Gasteiger partial charge in [0.05, 0.1) is 24.1 Å². The van der Waals surface area contributed by atoms with E-state index in [0.29, 0.717) is 10.9 Å². The van der Waals surface area contributed by atoms with Gasteiger partial charge in [-0.2, -0.15) is 5.10 Å². The maximum Gasteiger partial charge on any atom is 0.191 e. The van der Waals surface area contributed by atoms with Crippen LogP contribution < -0.4 is 4.74 Å². The Kier molecular flexibility index (Phi) is 6.11. The zero-order chi connectivity index (χ0) is 21.1. The van der Waals surface area contributed by atoms with Crippen LogP contribution in [0.5, 0.6) is 5.75 Å². The standard InChI is InChI=1S/C22H22ClN5OS/c1-4-27-21(17-12-8-9-13-19(17)29-3)24-25-22(27)30-14-18-15(2)26-28(20(18)23)16-10-6-5-7-11-16/h5-13H,4,14H2,1-3H3. The number of benzene rings is 2.